The molecule has 1 amide bonds. The van der Waals surface area contributed by atoms with Crippen molar-refractivity contribution in [3.8, 4) is 11.5 Å². The van der Waals surface area contributed by atoms with Crippen LogP contribution >= 0.6 is 15.9 Å². The largest absolute Gasteiger partial charge is 0.454 e. The van der Waals surface area contributed by atoms with Crippen molar-refractivity contribution in [1.29, 1.82) is 0 Å². The first-order chi connectivity index (χ1) is 12.0. The van der Waals surface area contributed by atoms with Gasteiger partial charge in [-0.05, 0) is 53.2 Å². The predicted molar refractivity (Wildman–Crippen MR) is 92.2 cm³/mol. The predicted octanol–water partition coefficient (Wildman–Crippen LogP) is 3.35. The van der Waals surface area contributed by atoms with Gasteiger partial charge in [-0.2, -0.15) is 0 Å². The molecular formula is C17H14BrNO6. The quantitative estimate of drug-likeness (QED) is 0.603. The Labute approximate surface area is 151 Å². The van der Waals surface area contributed by atoms with Gasteiger partial charge < -0.3 is 23.9 Å². The van der Waals surface area contributed by atoms with Crippen LogP contribution in [0.1, 0.15) is 12.7 Å². The molecule has 0 bridgehead atoms. The van der Waals surface area contributed by atoms with E-state index in [1.165, 1.54) is 19.1 Å². The standard InChI is InChI=1S/C17H14BrNO6/c1-10(24-16(20)7-4-12-3-6-15(18)25-12)17(21)19-11-2-5-13-14(8-11)23-9-22-13/h2-8,10H,9H2,1H3,(H,19,21). The lowest BCUT2D eigenvalue weighted by Crippen LogP contribution is -2.29. The van der Waals surface area contributed by atoms with Crippen LogP contribution in [0.4, 0.5) is 5.69 Å². The van der Waals surface area contributed by atoms with E-state index in [-0.39, 0.29) is 6.79 Å². The van der Waals surface area contributed by atoms with Crippen LogP contribution in [0.3, 0.4) is 0 Å². The second-order valence-electron chi connectivity index (χ2n) is 5.11. The fraction of sp³-hybridized carbons (Fsp3) is 0.176. The number of benzene rings is 1. The lowest BCUT2D eigenvalue weighted by molar-refractivity contribution is -0.148. The Hall–Kier alpha value is -2.74. The molecule has 2 aromatic rings. The van der Waals surface area contributed by atoms with Gasteiger partial charge in [-0.1, -0.05) is 0 Å². The first-order valence-electron chi connectivity index (χ1n) is 7.36. The maximum absolute atomic E-state index is 12.1. The molecule has 0 saturated carbocycles. The zero-order chi connectivity index (χ0) is 17.8. The summed E-state index contributed by atoms with van der Waals surface area (Å²) in [5.41, 5.74) is 0.521. The minimum atomic E-state index is -0.967. The average Bonchev–Trinajstić information content (AvgIpc) is 3.21. The molecule has 0 spiro atoms. The number of hydrogen-bond donors (Lipinski definition) is 1. The van der Waals surface area contributed by atoms with Gasteiger partial charge in [0.25, 0.3) is 5.91 Å². The topological polar surface area (TPSA) is 87.0 Å². The fourth-order valence-corrected chi connectivity index (χ4v) is 2.37. The van der Waals surface area contributed by atoms with Crippen molar-refractivity contribution >= 4 is 39.6 Å². The number of hydrogen-bond acceptors (Lipinski definition) is 6. The van der Waals surface area contributed by atoms with Crippen LogP contribution in [0.25, 0.3) is 6.08 Å². The Balaban J connectivity index is 1.53. The van der Waals surface area contributed by atoms with E-state index in [4.69, 9.17) is 18.6 Å². The van der Waals surface area contributed by atoms with Gasteiger partial charge in [-0.25, -0.2) is 4.79 Å². The summed E-state index contributed by atoms with van der Waals surface area (Å²) in [5.74, 6) is 0.547. The van der Waals surface area contributed by atoms with Crippen molar-refractivity contribution in [3.05, 3.63) is 46.8 Å². The molecule has 8 heteroatoms. The average molecular weight is 408 g/mol. The minimum Gasteiger partial charge on any atom is -0.454 e. The first kappa shape index (κ1) is 17.1. The highest BCUT2D eigenvalue weighted by atomic mass is 79.9. The lowest BCUT2D eigenvalue weighted by Gasteiger charge is -2.12. The summed E-state index contributed by atoms with van der Waals surface area (Å²) in [6.45, 7) is 1.64. The summed E-state index contributed by atoms with van der Waals surface area (Å²) in [5, 5.41) is 2.65. The zero-order valence-electron chi connectivity index (χ0n) is 13.2. The van der Waals surface area contributed by atoms with Crippen molar-refractivity contribution in [2.75, 3.05) is 12.1 Å². The molecule has 0 fully saturated rings. The van der Waals surface area contributed by atoms with E-state index in [0.29, 0.717) is 27.6 Å². The Bertz CT molecular complexity index is 828. The maximum Gasteiger partial charge on any atom is 0.331 e. The van der Waals surface area contributed by atoms with E-state index >= 15 is 0 Å². The summed E-state index contributed by atoms with van der Waals surface area (Å²) in [7, 11) is 0. The summed E-state index contributed by atoms with van der Waals surface area (Å²) in [6, 6.07) is 8.40. The van der Waals surface area contributed by atoms with Crippen molar-refractivity contribution in [2.24, 2.45) is 0 Å². The molecule has 1 aromatic carbocycles. The second-order valence-corrected chi connectivity index (χ2v) is 5.89. The molecule has 1 aromatic heterocycles. The molecular weight excluding hydrogens is 394 g/mol. The van der Waals surface area contributed by atoms with Gasteiger partial charge in [-0.15, -0.1) is 0 Å². The Kier molecular flexibility index (Phi) is 5.08. The van der Waals surface area contributed by atoms with Crippen molar-refractivity contribution in [3.63, 3.8) is 0 Å². The third-order valence-electron chi connectivity index (χ3n) is 3.28. The van der Waals surface area contributed by atoms with Gasteiger partial charge in [-0.3, -0.25) is 4.79 Å². The summed E-state index contributed by atoms with van der Waals surface area (Å²) in [6.07, 6.45) is 1.68. The Morgan fingerprint density at radius 1 is 1.24 bits per heavy atom. The molecule has 0 saturated heterocycles. The number of halogens is 1. The van der Waals surface area contributed by atoms with Gasteiger partial charge in [0, 0.05) is 17.8 Å². The number of rotatable bonds is 5. The Morgan fingerprint density at radius 3 is 2.80 bits per heavy atom. The normalized spacial score (nSPS) is 13.7. The van der Waals surface area contributed by atoms with Crippen molar-refractivity contribution < 1.29 is 28.2 Å². The smallest absolute Gasteiger partial charge is 0.331 e. The summed E-state index contributed by atoms with van der Waals surface area (Å²) in [4.78, 5) is 23.9. The molecule has 1 N–H and O–H groups in total. The zero-order valence-corrected chi connectivity index (χ0v) is 14.7. The number of carbonyl (C=O) groups is 2. The van der Waals surface area contributed by atoms with Gasteiger partial charge in [0.05, 0.1) is 0 Å². The van der Waals surface area contributed by atoms with E-state index in [2.05, 4.69) is 21.2 Å². The number of amides is 1. The van der Waals surface area contributed by atoms with Crippen LogP contribution in [-0.4, -0.2) is 24.8 Å². The van der Waals surface area contributed by atoms with Crippen LogP contribution < -0.4 is 14.8 Å². The van der Waals surface area contributed by atoms with Gasteiger partial charge in [0.1, 0.15) is 5.76 Å². The highest BCUT2D eigenvalue weighted by molar-refractivity contribution is 9.10. The third-order valence-corrected chi connectivity index (χ3v) is 3.71. The number of furan rings is 1. The number of anilines is 1. The molecule has 0 radical (unpaired) electrons. The molecule has 1 aliphatic heterocycles. The maximum atomic E-state index is 12.1. The van der Waals surface area contributed by atoms with E-state index in [0.717, 1.165) is 0 Å². The molecule has 130 valence electrons. The fourth-order valence-electron chi connectivity index (χ4n) is 2.05. The van der Waals surface area contributed by atoms with E-state index in [1.807, 2.05) is 0 Å². The van der Waals surface area contributed by atoms with Crippen molar-refractivity contribution in [1.82, 2.24) is 0 Å². The molecule has 0 aliphatic carbocycles. The van der Waals surface area contributed by atoms with Crippen LogP contribution in [0.15, 0.2) is 45.5 Å². The molecule has 25 heavy (non-hydrogen) atoms. The number of ether oxygens (including phenoxy) is 3. The van der Waals surface area contributed by atoms with Gasteiger partial charge >= 0.3 is 5.97 Å². The van der Waals surface area contributed by atoms with Crippen LogP contribution in [0.2, 0.25) is 0 Å². The number of carbonyl (C=O) groups excluding carboxylic acids is 2. The van der Waals surface area contributed by atoms with Crippen LogP contribution in [0.5, 0.6) is 11.5 Å². The van der Waals surface area contributed by atoms with Crippen molar-refractivity contribution in [2.45, 2.75) is 13.0 Å². The monoisotopic (exact) mass is 407 g/mol. The minimum absolute atomic E-state index is 0.152. The Morgan fingerprint density at radius 2 is 2.04 bits per heavy atom. The van der Waals surface area contributed by atoms with E-state index in [1.54, 1.807) is 30.3 Å². The highest BCUT2D eigenvalue weighted by Crippen LogP contribution is 2.34. The van der Waals surface area contributed by atoms with Gasteiger partial charge in [0.15, 0.2) is 22.3 Å². The SMILES string of the molecule is CC(OC(=O)C=Cc1ccc(Br)o1)C(=O)Nc1ccc2c(c1)OCO2. The number of fused-ring (bicyclic) bond motifs is 1. The van der Waals surface area contributed by atoms with Crippen LogP contribution in [-0.2, 0) is 14.3 Å². The second kappa shape index (κ2) is 7.43. The molecule has 1 unspecified atom stereocenters. The summed E-state index contributed by atoms with van der Waals surface area (Å²) < 4.78 is 21.3. The van der Waals surface area contributed by atoms with E-state index < -0.39 is 18.0 Å². The van der Waals surface area contributed by atoms with Gasteiger partial charge in [0.2, 0.25) is 6.79 Å². The number of esters is 1. The highest BCUT2D eigenvalue weighted by Gasteiger charge is 2.19. The van der Waals surface area contributed by atoms with E-state index in [9.17, 15) is 9.59 Å². The molecule has 1 aliphatic rings. The number of nitrogens with one attached hydrogen (secondary N) is 1. The summed E-state index contributed by atoms with van der Waals surface area (Å²) >= 11 is 3.16. The molecule has 2 heterocycles. The molecule has 7 nitrogen and oxygen atoms in total. The first-order valence-corrected chi connectivity index (χ1v) is 8.15. The third kappa shape index (κ3) is 4.42. The molecule has 1 atom stereocenters. The lowest BCUT2D eigenvalue weighted by atomic mass is 10.2. The van der Waals surface area contributed by atoms with Crippen LogP contribution in [0, 0.1) is 0 Å². The molecule has 3 rings (SSSR count).